The Labute approximate surface area is 115 Å². The van der Waals surface area contributed by atoms with E-state index in [2.05, 4.69) is 10.2 Å². The molecule has 0 aliphatic rings. The minimum absolute atomic E-state index is 0.309. The molecule has 5 nitrogen and oxygen atoms in total. The van der Waals surface area contributed by atoms with Gasteiger partial charge in [-0.25, -0.2) is 8.42 Å². The number of nitrogens with zero attached hydrogens (tertiary/aromatic N) is 1. The minimum Gasteiger partial charge on any atom is -0.492 e. The SMILES string of the molecule is CN(C)CCNCCOc1ccc(S(C)(=O)=O)cc1. The Bertz CT molecular complexity index is 469. The molecule has 0 unspecified atom stereocenters. The highest BCUT2D eigenvalue weighted by Crippen LogP contribution is 2.15. The zero-order valence-electron chi connectivity index (χ0n) is 11.7. The number of ether oxygens (including phenoxy) is 1. The highest BCUT2D eigenvalue weighted by atomic mass is 32.2. The molecule has 0 amide bonds. The zero-order valence-corrected chi connectivity index (χ0v) is 12.5. The van der Waals surface area contributed by atoms with Gasteiger partial charge >= 0.3 is 0 Å². The highest BCUT2D eigenvalue weighted by Gasteiger charge is 2.06. The molecule has 1 rings (SSSR count). The van der Waals surface area contributed by atoms with E-state index in [-0.39, 0.29) is 0 Å². The van der Waals surface area contributed by atoms with Gasteiger partial charge in [0.2, 0.25) is 0 Å². The van der Waals surface area contributed by atoms with E-state index in [1.807, 2.05) is 14.1 Å². The normalized spacial score (nSPS) is 11.8. The lowest BCUT2D eigenvalue weighted by Crippen LogP contribution is -2.29. The first kappa shape index (κ1) is 15.9. The fourth-order valence-electron chi connectivity index (χ4n) is 1.45. The third-order valence-corrected chi connectivity index (χ3v) is 3.66. The van der Waals surface area contributed by atoms with Gasteiger partial charge < -0.3 is 15.0 Å². The first-order valence-electron chi connectivity index (χ1n) is 6.18. The molecule has 0 heterocycles. The lowest BCUT2D eigenvalue weighted by Gasteiger charge is -2.11. The summed E-state index contributed by atoms with van der Waals surface area (Å²) in [5.41, 5.74) is 0. The van der Waals surface area contributed by atoms with Gasteiger partial charge in [-0.15, -0.1) is 0 Å². The van der Waals surface area contributed by atoms with Gasteiger partial charge in [-0.1, -0.05) is 0 Å². The zero-order chi connectivity index (χ0) is 14.3. The van der Waals surface area contributed by atoms with Crippen LogP contribution >= 0.6 is 0 Å². The smallest absolute Gasteiger partial charge is 0.175 e. The Morgan fingerprint density at radius 1 is 1.16 bits per heavy atom. The van der Waals surface area contributed by atoms with E-state index in [9.17, 15) is 8.42 Å². The first-order valence-corrected chi connectivity index (χ1v) is 8.07. The van der Waals surface area contributed by atoms with Gasteiger partial charge in [0.25, 0.3) is 0 Å². The molecule has 0 spiro atoms. The van der Waals surface area contributed by atoms with Crippen LogP contribution in [-0.4, -0.2) is 59.9 Å². The molecule has 1 N–H and O–H groups in total. The highest BCUT2D eigenvalue weighted by molar-refractivity contribution is 7.90. The van der Waals surface area contributed by atoms with E-state index in [0.29, 0.717) is 17.3 Å². The summed E-state index contributed by atoms with van der Waals surface area (Å²) in [7, 11) is 0.926. The Morgan fingerprint density at radius 3 is 2.32 bits per heavy atom. The molecule has 19 heavy (non-hydrogen) atoms. The molecule has 0 atom stereocenters. The van der Waals surface area contributed by atoms with Crippen LogP contribution < -0.4 is 10.1 Å². The van der Waals surface area contributed by atoms with Crippen molar-refractivity contribution >= 4 is 9.84 Å². The Hall–Kier alpha value is -1.11. The van der Waals surface area contributed by atoms with Crippen molar-refractivity contribution in [2.75, 3.05) is 46.6 Å². The van der Waals surface area contributed by atoms with Crippen molar-refractivity contribution in [3.8, 4) is 5.75 Å². The van der Waals surface area contributed by atoms with Gasteiger partial charge in [0.1, 0.15) is 12.4 Å². The third kappa shape index (κ3) is 6.56. The van der Waals surface area contributed by atoms with Crippen molar-refractivity contribution in [1.29, 1.82) is 0 Å². The van der Waals surface area contributed by atoms with Crippen molar-refractivity contribution in [3.63, 3.8) is 0 Å². The van der Waals surface area contributed by atoms with E-state index in [4.69, 9.17) is 4.74 Å². The largest absolute Gasteiger partial charge is 0.492 e. The average Bonchev–Trinajstić information content (AvgIpc) is 2.32. The number of hydrogen-bond donors (Lipinski definition) is 1. The molecule has 0 radical (unpaired) electrons. The molecule has 0 aromatic heterocycles. The van der Waals surface area contributed by atoms with Crippen LogP contribution in [0.3, 0.4) is 0 Å². The standard InChI is InChI=1S/C13H22N2O3S/c1-15(2)10-8-14-9-11-18-12-4-6-13(7-5-12)19(3,16)17/h4-7,14H,8-11H2,1-3H3. The second kappa shape index (κ2) is 7.47. The summed E-state index contributed by atoms with van der Waals surface area (Å²) in [6.07, 6.45) is 1.19. The molecule has 0 saturated carbocycles. The number of nitrogens with one attached hydrogen (secondary N) is 1. The van der Waals surface area contributed by atoms with Crippen LogP contribution in [0.25, 0.3) is 0 Å². The number of likely N-dealkylation sites (N-methyl/N-ethyl adjacent to an activating group) is 1. The van der Waals surface area contributed by atoms with Crippen LogP contribution in [0.15, 0.2) is 29.2 Å². The summed E-state index contributed by atoms with van der Waals surface area (Å²) in [5.74, 6) is 0.682. The van der Waals surface area contributed by atoms with E-state index in [0.717, 1.165) is 19.6 Å². The Morgan fingerprint density at radius 2 is 1.79 bits per heavy atom. The average molecular weight is 286 g/mol. The van der Waals surface area contributed by atoms with Crippen molar-refractivity contribution < 1.29 is 13.2 Å². The van der Waals surface area contributed by atoms with Crippen molar-refractivity contribution in [2.24, 2.45) is 0 Å². The van der Waals surface area contributed by atoms with Gasteiger partial charge in [0.15, 0.2) is 9.84 Å². The van der Waals surface area contributed by atoms with Crippen LogP contribution in [0.2, 0.25) is 0 Å². The van der Waals surface area contributed by atoms with Crippen LogP contribution in [0.5, 0.6) is 5.75 Å². The van der Waals surface area contributed by atoms with Crippen LogP contribution in [0.1, 0.15) is 0 Å². The fourth-order valence-corrected chi connectivity index (χ4v) is 2.08. The predicted octanol–water partition coefficient (Wildman–Crippen LogP) is 0.620. The van der Waals surface area contributed by atoms with Crippen molar-refractivity contribution in [3.05, 3.63) is 24.3 Å². The first-order chi connectivity index (χ1) is 8.89. The molecule has 1 aromatic carbocycles. The topological polar surface area (TPSA) is 58.6 Å². The van der Waals surface area contributed by atoms with Crippen molar-refractivity contribution in [2.45, 2.75) is 4.90 Å². The van der Waals surface area contributed by atoms with Gasteiger partial charge in [0, 0.05) is 25.9 Å². The maximum atomic E-state index is 11.3. The summed E-state index contributed by atoms with van der Waals surface area (Å²) in [5, 5.41) is 3.26. The third-order valence-electron chi connectivity index (χ3n) is 2.54. The molecule has 6 heteroatoms. The lowest BCUT2D eigenvalue weighted by atomic mass is 10.3. The minimum atomic E-state index is -3.13. The lowest BCUT2D eigenvalue weighted by molar-refractivity contribution is 0.308. The van der Waals surface area contributed by atoms with Crippen molar-refractivity contribution in [1.82, 2.24) is 10.2 Å². The van der Waals surface area contributed by atoms with Gasteiger partial charge in [-0.3, -0.25) is 0 Å². The second-order valence-electron chi connectivity index (χ2n) is 4.65. The molecular formula is C13H22N2O3S. The quantitative estimate of drug-likeness (QED) is 0.710. The molecule has 0 saturated heterocycles. The fraction of sp³-hybridized carbons (Fsp3) is 0.538. The number of benzene rings is 1. The molecule has 0 bridgehead atoms. The second-order valence-corrected chi connectivity index (χ2v) is 6.66. The Kier molecular flexibility index (Phi) is 6.27. The Balaban J connectivity index is 2.27. The number of hydrogen-bond acceptors (Lipinski definition) is 5. The van der Waals surface area contributed by atoms with Crippen LogP contribution in [-0.2, 0) is 9.84 Å². The molecule has 0 aliphatic heterocycles. The van der Waals surface area contributed by atoms with Gasteiger partial charge in [-0.05, 0) is 38.4 Å². The summed E-state index contributed by atoms with van der Waals surface area (Å²) in [6.45, 7) is 3.24. The predicted molar refractivity (Wildman–Crippen MR) is 76.5 cm³/mol. The monoisotopic (exact) mass is 286 g/mol. The molecule has 0 aliphatic carbocycles. The van der Waals surface area contributed by atoms with E-state index in [1.165, 1.54) is 6.26 Å². The molecule has 0 fully saturated rings. The maximum Gasteiger partial charge on any atom is 0.175 e. The number of rotatable bonds is 8. The van der Waals surface area contributed by atoms with Crippen LogP contribution in [0.4, 0.5) is 0 Å². The van der Waals surface area contributed by atoms with E-state index in [1.54, 1.807) is 24.3 Å². The van der Waals surface area contributed by atoms with Gasteiger partial charge in [0.05, 0.1) is 4.90 Å². The number of sulfone groups is 1. The van der Waals surface area contributed by atoms with E-state index < -0.39 is 9.84 Å². The van der Waals surface area contributed by atoms with E-state index >= 15 is 0 Å². The summed E-state index contributed by atoms with van der Waals surface area (Å²) >= 11 is 0. The summed E-state index contributed by atoms with van der Waals surface area (Å²) in [4.78, 5) is 2.42. The summed E-state index contributed by atoms with van der Waals surface area (Å²) in [6, 6.07) is 6.47. The van der Waals surface area contributed by atoms with Gasteiger partial charge in [-0.2, -0.15) is 0 Å². The molecule has 1 aromatic rings. The molecule has 108 valence electrons. The maximum absolute atomic E-state index is 11.3. The van der Waals surface area contributed by atoms with Crippen LogP contribution in [0, 0.1) is 0 Å². The molecular weight excluding hydrogens is 264 g/mol. The summed E-state index contributed by atoms with van der Waals surface area (Å²) < 4.78 is 28.1.